The monoisotopic (exact) mass is 371 g/mol. The Morgan fingerprint density at radius 2 is 2.29 bits per heavy atom. The van der Waals surface area contributed by atoms with Gasteiger partial charge in [-0.05, 0) is 34.5 Å². The summed E-state index contributed by atoms with van der Waals surface area (Å²) in [5, 5.41) is 0. The van der Waals surface area contributed by atoms with Crippen LogP contribution in [0, 0.1) is 0 Å². The Morgan fingerprint density at radius 1 is 1.52 bits per heavy atom. The summed E-state index contributed by atoms with van der Waals surface area (Å²) in [6, 6.07) is 3.32. The van der Waals surface area contributed by atoms with Crippen LogP contribution in [0.25, 0.3) is 10.2 Å². The number of nitrogens with zero attached hydrogens (tertiary/aromatic N) is 1. The molecule has 0 saturated carbocycles. The van der Waals surface area contributed by atoms with Crippen molar-refractivity contribution in [3.05, 3.63) is 21.6 Å². The summed E-state index contributed by atoms with van der Waals surface area (Å²) in [7, 11) is 1.33. The van der Waals surface area contributed by atoms with Crippen LogP contribution in [-0.4, -0.2) is 30.5 Å². The Labute approximate surface area is 134 Å². The van der Waals surface area contributed by atoms with Gasteiger partial charge in [0, 0.05) is 6.42 Å². The Bertz CT molecular complexity index is 670. The number of aromatic nitrogens is 1. The van der Waals surface area contributed by atoms with Crippen LogP contribution >= 0.6 is 27.3 Å². The highest BCUT2D eigenvalue weighted by atomic mass is 79.9. The molecule has 0 spiro atoms. The van der Waals surface area contributed by atoms with Crippen molar-refractivity contribution in [2.45, 2.75) is 25.9 Å². The lowest BCUT2D eigenvalue weighted by atomic mass is 10.2. The average Bonchev–Trinajstić information content (AvgIpc) is 2.86. The first kappa shape index (κ1) is 15.9. The summed E-state index contributed by atoms with van der Waals surface area (Å²) in [5.74, 6) is 0.0539. The SMILES string of the molecule is CCC(CC=O)Oc1cc(C(=O)OC)cc2sc(Br)nc12. The molecule has 1 aromatic heterocycles. The average molecular weight is 372 g/mol. The molecule has 21 heavy (non-hydrogen) atoms. The number of methoxy groups -OCH3 is 1. The van der Waals surface area contributed by atoms with E-state index in [9.17, 15) is 9.59 Å². The lowest BCUT2D eigenvalue weighted by Gasteiger charge is -2.16. The van der Waals surface area contributed by atoms with Gasteiger partial charge in [-0.25, -0.2) is 9.78 Å². The number of hydrogen-bond donors (Lipinski definition) is 0. The first-order chi connectivity index (χ1) is 10.1. The fourth-order valence-electron chi connectivity index (χ4n) is 1.88. The second kappa shape index (κ2) is 7.00. The molecule has 7 heteroatoms. The number of esters is 1. The number of benzene rings is 1. The molecule has 0 aliphatic rings. The fourth-order valence-corrected chi connectivity index (χ4v) is 3.33. The normalized spacial score (nSPS) is 12.1. The lowest BCUT2D eigenvalue weighted by Crippen LogP contribution is -2.16. The third kappa shape index (κ3) is 3.59. The van der Waals surface area contributed by atoms with E-state index < -0.39 is 5.97 Å². The molecule has 112 valence electrons. The number of carbonyl (C=O) groups is 2. The van der Waals surface area contributed by atoms with E-state index >= 15 is 0 Å². The van der Waals surface area contributed by atoms with Crippen molar-refractivity contribution in [2.75, 3.05) is 7.11 Å². The van der Waals surface area contributed by atoms with E-state index in [1.165, 1.54) is 18.4 Å². The largest absolute Gasteiger partial charge is 0.488 e. The quantitative estimate of drug-likeness (QED) is 0.573. The van der Waals surface area contributed by atoms with Crippen LogP contribution in [0.3, 0.4) is 0 Å². The van der Waals surface area contributed by atoms with Gasteiger partial charge in [0.2, 0.25) is 0 Å². The van der Waals surface area contributed by atoms with E-state index in [4.69, 9.17) is 9.47 Å². The predicted molar refractivity (Wildman–Crippen MR) is 84.0 cm³/mol. The molecule has 0 saturated heterocycles. The number of carbonyl (C=O) groups excluding carboxylic acids is 2. The zero-order valence-corrected chi connectivity index (χ0v) is 14.0. The van der Waals surface area contributed by atoms with Crippen LogP contribution in [0.2, 0.25) is 0 Å². The van der Waals surface area contributed by atoms with Crippen LogP contribution in [0.15, 0.2) is 16.0 Å². The molecule has 1 atom stereocenters. The molecule has 5 nitrogen and oxygen atoms in total. The molecule has 1 unspecified atom stereocenters. The van der Waals surface area contributed by atoms with Crippen molar-refractivity contribution in [1.29, 1.82) is 0 Å². The Kier molecular flexibility index (Phi) is 5.30. The molecule has 0 radical (unpaired) electrons. The highest BCUT2D eigenvalue weighted by Gasteiger charge is 2.17. The highest BCUT2D eigenvalue weighted by Crippen LogP contribution is 2.34. The minimum atomic E-state index is -0.435. The summed E-state index contributed by atoms with van der Waals surface area (Å²) in [6.07, 6.45) is 1.57. The van der Waals surface area contributed by atoms with Gasteiger partial charge in [0.25, 0.3) is 0 Å². The molecule has 1 aromatic carbocycles. The molecular weight excluding hydrogens is 358 g/mol. The summed E-state index contributed by atoms with van der Waals surface area (Å²) in [5.41, 5.74) is 1.07. The maximum Gasteiger partial charge on any atom is 0.338 e. The van der Waals surface area contributed by atoms with Crippen molar-refractivity contribution in [1.82, 2.24) is 4.98 Å². The van der Waals surface area contributed by atoms with Crippen LogP contribution < -0.4 is 4.74 Å². The van der Waals surface area contributed by atoms with Gasteiger partial charge < -0.3 is 14.3 Å². The minimum Gasteiger partial charge on any atom is -0.488 e. The maximum atomic E-state index is 11.7. The van der Waals surface area contributed by atoms with Crippen LogP contribution in [-0.2, 0) is 9.53 Å². The van der Waals surface area contributed by atoms with Gasteiger partial charge in [0.1, 0.15) is 23.7 Å². The van der Waals surface area contributed by atoms with Crippen molar-refractivity contribution in [3.8, 4) is 5.75 Å². The molecule has 1 heterocycles. The molecule has 2 aromatic rings. The van der Waals surface area contributed by atoms with E-state index in [1.807, 2.05) is 6.92 Å². The van der Waals surface area contributed by atoms with Gasteiger partial charge in [-0.3, -0.25) is 0 Å². The standard InChI is InChI=1S/C14H14BrNO4S/c1-3-9(4-5-17)20-10-6-8(13(18)19-2)7-11-12(10)16-14(15)21-11/h5-7,9H,3-4H2,1-2H3. The number of ether oxygens (including phenoxy) is 2. The number of fused-ring (bicyclic) bond motifs is 1. The van der Waals surface area contributed by atoms with Gasteiger partial charge in [-0.2, -0.15) is 0 Å². The van der Waals surface area contributed by atoms with E-state index in [0.717, 1.165) is 11.0 Å². The molecule has 0 N–H and O–H groups in total. The molecule has 0 aliphatic carbocycles. The van der Waals surface area contributed by atoms with E-state index in [2.05, 4.69) is 20.9 Å². The fraction of sp³-hybridized carbons (Fsp3) is 0.357. The van der Waals surface area contributed by atoms with Crippen molar-refractivity contribution < 1.29 is 19.1 Å². The maximum absolute atomic E-state index is 11.7. The third-order valence-corrected chi connectivity index (χ3v) is 4.42. The highest BCUT2D eigenvalue weighted by molar-refractivity contribution is 9.11. The van der Waals surface area contributed by atoms with Gasteiger partial charge in [0.15, 0.2) is 3.92 Å². The first-order valence-electron chi connectivity index (χ1n) is 6.37. The summed E-state index contributed by atoms with van der Waals surface area (Å²) in [6.45, 7) is 1.94. The van der Waals surface area contributed by atoms with E-state index in [0.29, 0.717) is 33.6 Å². The molecule has 0 fully saturated rings. The minimum absolute atomic E-state index is 0.237. The van der Waals surface area contributed by atoms with Crippen molar-refractivity contribution >= 4 is 49.7 Å². The number of halogens is 1. The molecule has 0 bridgehead atoms. The molecule has 0 aliphatic heterocycles. The number of aldehydes is 1. The molecule has 0 amide bonds. The lowest BCUT2D eigenvalue weighted by molar-refractivity contribution is -0.109. The number of thiazole rings is 1. The number of rotatable bonds is 6. The predicted octanol–water partition coefficient (Wildman–Crippen LogP) is 3.59. The summed E-state index contributed by atoms with van der Waals surface area (Å²) in [4.78, 5) is 26.8. The van der Waals surface area contributed by atoms with Crippen molar-refractivity contribution in [3.63, 3.8) is 0 Å². The topological polar surface area (TPSA) is 65.5 Å². The van der Waals surface area contributed by atoms with Gasteiger partial charge in [-0.15, -0.1) is 11.3 Å². The summed E-state index contributed by atoms with van der Waals surface area (Å²) < 4.78 is 12.1. The second-order valence-electron chi connectivity index (χ2n) is 4.33. The van der Waals surface area contributed by atoms with Crippen molar-refractivity contribution in [2.24, 2.45) is 0 Å². The smallest absolute Gasteiger partial charge is 0.338 e. The van der Waals surface area contributed by atoms with Crippen LogP contribution in [0.5, 0.6) is 5.75 Å². The van der Waals surface area contributed by atoms with E-state index in [-0.39, 0.29) is 6.10 Å². The Balaban J connectivity index is 2.48. The Hall–Kier alpha value is -1.47. The Morgan fingerprint density at radius 3 is 2.90 bits per heavy atom. The van der Waals surface area contributed by atoms with Crippen LogP contribution in [0.1, 0.15) is 30.1 Å². The summed E-state index contributed by atoms with van der Waals surface area (Å²) >= 11 is 4.74. The van der Waals surface area contributed by atoms with Crippen LogP contribution in [0.4, 0.5) is 0 Å². The number of hydrogen-bond acceptors (Lipinski definition) is 6. The van der Waals surface area contributed by atoms with Gasteiger partial charge in [0.05, 0.1) is 17.4 Å². The molecule has 2 rings (SSSR count). The van der Waals surface area contributed by atoms with Gasteiger partial charge >= 0.3 is 5.97 Å². The van der Waals surface area contributed by atoms with E-state index in [1.54, 1.807) is 12.1 Å². The second-order valence-corrected chi connectivity index (χ2v) is 6.64. The molecular formula is C14H14BrNO4S. The third-order valence-electron chi connectivity index (χ3n) is 2.96. The first-order valence-corrected chi connectivity index (χ1v) is 7.98. The zero-order chi connectivity index (χ0) is 15.4. The zero-order valence-electron chi connectivity index (χ0n) is 11.6. The van der Waals surface area contributed by atoms with Gasteiger partial charge in [-0.1, -0.05) is 6.92 Å².